The van der Waals surface area contributed by atoms with Crippen LogP contribution in [0.15, 0.2) is 60.7 Å². The van der Waals surface area contributed by atoms with Gasteiger partial charge in [0.25, 0.3) is 17.7 Å². The van der Waals surface area contributed by atoms with Crippen LogP contribution in [-0.4, -0.2) is 22.6 Å². The van der Waals surface area contributed by atoms with Crippen LogP contribution in [0.1, 0.15) is 32.6 Å². The van der Waals surface area contributed by atoms with Crippen molar-refractivity contribution in [3.05, 3.63) is 93.5 Å². The average Bonchev–Trinajstić information content (AvgIpc) is 2.82. The second-order valence-corrected chi connectivity index (χ2v) is 8.81. The molecule has 1 heterocycles. The van der Waals surface area contributed by atoms with Crippen LogP contribution in [0.25, 0.3) is 10.9 Å². The summed E-state index contributed by atoms with van der Waals surface area (Å²) >= 11 is 5.99. The zero-order valence-electron chi connectivity index (χ0n) is 19.5. The molecule has 4 aromatic rings. The Morgan fingerprint density at radius 1 is 0.946 bits per heavy atom. The Hall–Kier alpha value is -3.79. The molecule has 4 rings (SSSR count). The molecule has 0 atom stereocenters. The highest BCUT2D eigenvalue weighted by molar-refractivity contribution is 6.31. The summed E-state index contributed by atoms with van der Waals surface area (Å²) in [6, 6.07) is 12.8. The van der Waals surface area contributed by atoms with Crippen molar-refractivity contribution in [2.45, 2.75) is 25.9 Å². The average molecular weight is 536 g/mol. The van der Waals surface area contributed by atoms with E-state index in [4.69, 9.17) is 16.3 Å². The molecule has 0 unspecified atom stereocenters. The van der Waals surface area contributed by atoms with Crippen molar-refractivity contribution < 1.29 is 31.5 Å². The lowest BCUT2D eigenvalue weighted by Gasteiger charge is -2.20. The molecule has 37 heavy (non-hydrogen) atoms. The molecule has 3 aromatic carbocycles. The quantitative estimate of drug-likeness (QED) is 0.264. The van der Waals surface area contributed by atoms with E-state index >= 15 is 0 Å². The zero-order chi connectivity index (χ0) is 27.0. The highest BCUT2D eigenvalue weighted by atomic mass is 35.5. The Morgan fingerprint density at radius 3 is 2.35 bits per heavy atom. The van der Waals surface area contributed by atoms with Gasteiger partial charge in [0.2, 0.25) is 0 Å². The number of alkyl halides is 5. The van der Waals surface area contributed by atoms with E-state index in [1.54, 1.807) is 26.0 Å². The second kappa shape index (κ2) is 9.93. The first kappa shape index (κ1) is 26.3. The summed E-state index contributed by atoms with van der Waals surface area (Å²) in [5.41, 5.74) is 0.0572. The smallest absolute Gasteiger partial charge is 0.416 e. The molecule has 0 spiro atoms. The molecule has 0 saturated heterocycles. The van der Waals surface area contributed by atoms with Crippen molar-refractivity contribution in [1.29, 1.82) is 0 Å². The molecule has 0 saturated carbocycles. The maximum Gasteiger partial charge on any atom is 0.416 e. The third-order valence-corrected chi connectivity index (χ3v) is 5.79. The summed E-state index contributed by atoms with van der Waals surface area (Å²) in [7, 11) is 0. The molecule has 0 fully saturated rings. The number of benzene rings is 3. The van der Waals surface area contributed by atoms with Crippen LogP contribution in [-0.2, 0) is 12.1 Å². The van der Waals surface area contributed by atoms with Crippen LogP contribution >= 0.6 is 11.6 Å². The summed E-state index contributed by atoms with van der Waals surface area (Å²) in [6.07, 6.45) is -4.63. The van der Waals surface area contributed by atoms with Gasteiger partial charge in [-0.15, -0.1) is 10.2 Å². The Kier molecular flexibility index (Phi) is 7.05. The molecule has 1 amide bonds. The molecule has 11 heteroatoms. The fourth-order valence-electron chi connectivity index (χ4n) is 3.63. The van der Waals surface area contributed by atoms with Gasteiger partial charge in [-0.1, -0.05) is 41.9 Å². The minimum atomic E-state index is -4.63. The van der Waals surface area contributed by atoms with Crippen LogP contribution in [0.2, 0.25) is 5.02 Å². The number of nitrogens with one attached hydrogen (secondary N) is 1. The van der Waals surface area contributed by atoms with E-state index in [9.17, 15) is 26.7 Å². The van der Waals surface area contributed by atoms with Gasteiger partial charge >= 0.3 is 6.18 Å². The molecule has 0 aliphatic carbocycles. The number of aryl methyl sites for hydroxylation is 2. The molecular weight excluding hydrogens is 517 g/mol. The summed E-state index contributed by atoms with van der Waals surface area (Å²) in [4.78, 5) is 13.2. The highest BCUT2D eigenvalue weighted by Crippen LogP contribution is 2.36. The first-order valence-corrected chi connectivity index (χ1v) is 11.3. The first-order chi connectivity index (χ1) is 17.3. The summed E-state index contributed by atoms with van der Waals surface area (Å²) in [5, 5.41) is 10.1. The molecule has 0 aliphatic rings. The third-order valence-electron chi connectivity index (χ3n) is 5.48. The number of hydrogen-bond donors (Lipinski definition) is 1. The number of ether oxygens (including phenoxy) is 1. The topological polar surface area (TPSA) is 64.1 Å². The van der Waals surface area contributed by atoms with Gasteiger partial charge in [-0.3, -0.25) is 4.79 Å². The standard InChI is InChI=1S/C26H19ClF5N3O2/c1-14-7-9-19(20(27)10-14)25(28,29)13-33-23(36)22-18-8-6-15(2)11-21(18)34-35-24(22)37-17-5-3-4-16(12-17)26(30,31)32/h3-12H,13H2,1-2H3,(H,33,36). The van der Waals surface area contributed by atoms with Crippen LogP contribution < -0.4 is 10.1 Å². The monoisotopic (exact) mass is 535 g/mol. The Labute approximate surface area is 213 Å². The van der Waals surface area contributed by atoms with Gasteiger partial charge in [-0.05, 0) is 55.3 Å². The molecule has 0 aliphatic heterocycles. The van der Waals surface area contributed by atoms with Gasteiger partial charge in [0.05, 0.1) is 22.6 Å². The number of amides is 1. The van der Waals surface area contributed by atoms with Crippen molar-refractivity contribution in [3.8, 4) is 11.6 Å². The Morgan fingerprint density at radius 2 is 1.65 bits per heavy atom. The Bertz CT molecular complexity index is 1490. The van der Waals surface area contributed by atoms with Crippen molar-refractivity contribution >= 4 is 28.4 Å². The molecule has 1 N–H and O–H groups in total. The third kappa shape index (κ3) is 5.80. The van der Waals surface area contributed by atoms with E-state index in [0.717, 1.165) is 23.8 Å². The van der Waals surface area contributed by atoms with Crippen molar-refractivity contribution in [3.63, 3.8) is 0 Å². The van der Waals surface area contributed by atoms with E-state index in [0.29, 0.717) is 5.56 Å². The molecular formula is C26H19ClF5N3O2. The van der Waals surface area contributed by atoms with E-state index in [2.05, 4.69) is 15.5 Å². The zero-order valence-corrected chi connectivity index (χ0v) is 20.2. The minimum Gasteiger partial charge on any atom is -0.437 e. The van der Waals surface area contributed by atoms with Crippen LogP contribution in [0.3, 0.4) is 0 Å². The number of rotatable bonds is 6. The van der Waals surface area contributed by atoms with Crippen LogP contribution in [0.4, 0.5) is 22.0 Å². The number of carbonyl (C=O) groups is 1. The SMILES string of the molecule is Cc1ccc(C(F)(F)CNC(=O)c2c(Oc3cccc(C(F)(F)F)c3)nnc3cc(C)ccc23)c(Cl)c1. The highest BCUT2D eigenvalue weighted by Gasteiger charge is 2.35. The largest absolute Gasteiger partial charge is 0.437 e. The number of aromatic nitrogens is 2. The fourth-order valence-corrected chi connectivity index (χ4v) is 4.00. The first-order valence-electron chi connectivity index (χ1n) is 10.9. The van der Waals surface area contributed by atoms with E-state index in [1.807, 2.05) is 0 Å². The van der Waals surface area contributed by atoms with E-state index in [1.165, 1.54) is 30.3 Å². The Balaban J connectivity index is 1.70. The molecule has 5 nitrogen and oxygen atoms in total. The summed E-state index contributed by atoms with van der Waals surface area (Å²) in [5.74, 6) is -5.20. The number of carbonyl (C=O) groups excluding carboxylic acids is 1. The summed E-state index contributed by atoms with van der Waals surface area (Å²) < 4.78 is 74.8. The number of fused-ring (bicyclic) bond motifs is 1. The number of nitrogens with zero attached hydrogens (tertiary/aromatic N) is 2. The van der Waals surface area contributed by atoms with Crippen molar-refractivity contribution in [1.82, 2.24) is 15.5 Å². The van der Waals surface area contributed by atoms with Gasteiger partial charge in [-0.2, -0.15) is 22.0 Å². The summed E-state index contributed by atoms with van der Waals surface area (Å²) in [6.45, 7) is 2.37. The van der Waals surface area contributed by atoms with E-state index in [-0.39, 0.29) is 27.2 Å². The predicted molar refractivity (Wildman–Crippen MR) is 128 cm³/mol. The van der Waals surface area contributed by atoms with Crippen LogP contribution in [0.5, 0.6) is 11.6 Å². The second-order valence-electron chi connectivity index (χ2n) is 8.40. The van der Waals surface area contributed by atoms with E-state index < -0.39 is 41.6 Å². The molecule has 0 radical (unpaired) electrons. The number of halogens is 6. The minimum absolute atomic E-state index is 0.153. The predicted octanol–water partition coefficient (Wildman–Crippen LogP) is 7.23. The van der Waals surface area contributed by atoms with Gasteiger partial charge in [0.1, 0.15) is 11.3 Å². The van der Waals surface area contributed by atoms with Gasteiger partial charge in [-0.25, -0.2) is 0 Å². The number of hydrogen-bond acceptors (Lipinski definition) is 4. The van der Waals surface area contributed by atoms with Crippen molar-refractivity contribution in [2.75, 3.05) is 6.54 Å². The lowest BCUT2D eigenvalue weighted by atomic mass is 10.1. The van der Waals surface area contributed by atoms with Gasteiger partial charge in [0.15, 0.2) is 0 Å². The molecule has 0 bridgehead atoms. The fraction of sp³-hybridized carbons (Fsp3) is 0.192. The van der Waals surface area contributed by atoms with Gasteiger partial charge < -0.3 is 10.1 Å². The molecule has 192 valence electrons. The van der Waals surface area contributed by atoms with Crippen LogP contribution in [0, 0.1) is 13.8 Å². The lowest BCUT2D eigenvalue weighted by Crippen LogP contribution is -2.35. The van der Waals surface area contributed by atoms with Gasteiger partial charge in [0, 0.05) is 10.9 Å². The lowest BCUT2D eigenvalue weighted by molar-refractivity contribution is -0.137. The maximum absolute atomic E-state index is 14.9. The molecule has 1 aromatic heterocycles. The van der Waals surface area contributed by atoms with Crippen molar-refractivity contribution in [2.24, 2.45) is 0 Å². The maximum atomic E-state index is 14.9. The normalized spacial score (nSPS) is 12.0.